The van der Waals surface area contributed by atoms with E-state index in [1.54, 1.807) is 11.7 Å². The molecule has 2 saturated heterocycles. The van der Waals surface area contributed by atoms with Gasteiger partial charge in [-0.25, -0.2) is 5.48 Å². The number of hydroxylamine groups is 1. The fraction of sp³-hybridized carbons (Fsp3) is 0.650. The number of likely N-dealkylation sites (tertiary alicyclic amines) is 1. The van der Waals surface area contributed by atoms with E-state index in [-0.39, 0.29) is 11.3 Å². The van der Waals surface area contributed by atoms with Crippen molar-refractivity contribution >= 4 is 11.8 Å². The average molecular weight is 387 g/mol. The van der Waals surface area contributed by atoms with Crippen molar-refractivity contribution in [2.24, 2.45) is 11.3 Å². The van der Waals surface area contributed by atoms with Gasteiger partial charge in [0.05, 0.1) is 5.92 Å². The van der Waals surface area contributed by atoms with Crippen LogP contribution in [0.1, 0.15) is 24.8 Å². The summed E-state index contributed by atoms with van der Waals surface area (Å²) in [7, 11) is 1.93. The van der Waals surface area contributed by atoms with E-state index in [1.165, 1.54) is 5.56 Å². The maximum absolute atomic E-state index is 13.3. The Balaban J connectivity index is 1.38. The minimum Gasteiger partial charge on any atom is -0.339 e. The number of nitrogens with zero attached hydrogens (tertiary/aromatic N) is 4. The van der Waals surface area contributed by atoms with Crippen molar-refractivity contribution in [2.45, 2.75) is 31.8 Å². The molecule has 0 radical (unpaired) electrons. The molecule has 2 aliphatic heterocycles. The lowest BCUT2D eigenvalue weighted by atomic mass is 9.80. The molecule has 1 saturated carbocycles. The molecule has 2 amide bonds. The van der Waals surface area contributed by atoms with Crippen LogP contribution < -0.4 is 5.48 Å². The van der Waals surface area contributed by atoms with E-state index in [0.717, 1.165) is 39.0 Å². The molecule has 2 N–H and O–H groups in total. The van der Waals surface area contributed by atoms with Gasteiger partial charge >= 0.3 is 0 Å². The number of hydrogen-bond acceptors (Lipinski definition) is 6. The molecule has 152 valence electrons. The second kappa shape index (κ2) is 7.77. The third-order valence-electron chi connectivity index (χ3n) is 6.56. The SMILES string of the molecule is CN1CC2(CC2)C[C@H](C(=O)NO)[C@H]1C(=O)N1CCN(Cc2cccnc2)CC1. The topological polar surface area (TPSA) is 89.0 Å². The largest absolute Gasteiger partial charge is 0.339 e. The Morgan fingerprint density at radius 2 is 2.04 bits per heavy atom. The van der Waals surface area contributed by atoms with Gasteiger partial charge in [-0.2, -0.15) is 0 Å². The Labute approximate surface area is 165 Å². The molecule has 3 heterocycles. The quantitative estimate of drug-likeness (QED) is 0.572. The lowest BCUT2D eigenvalue weighted by Gasteiger charge is -2.44. The van der Waals surface area contributed by atoms with E-state index in [0.29, 0.717) is 19.5 Å². The molecule has 4 rings (SSSR count). The normalized spacial score (nSPS) is 27.6. The number of piperazine rings is 1. The van der Waals surface area contributed by atoms with Crippen LogP contribution in [0.5, 0.6) is 0 Å². The zero-order chi connectivity index (χ0) is 19.7. The summed E-state index contributed by atoms with van der Waals surface area (Å²) in [6.45, 7) is 4.59. The fourth-order valence-corrected chi connectivity index (χ4v) is 4.86. The summed E-state index contributed by atoms with van der Waals surface area (Å²) in [5.74, 6) is -0.925. The fourth-order valence-electron chi connectivity index (χ4n) is 4.86. The second-order valence-electron chi connectivity index (χ2n) is 8.61. The molecule has 8 heteroatoms. The number of amides is 2. The van der Waals surface area contributed by atoms with Crippen molar-refractivity contribution in [3.8, 4) is 0 Å². The van der Waals surface area contributed by atoms with Gasteiger partial charge in [0.15, 0.2) is 0 Å². The minimum atomic E-state index is -0.497. The van der Waals surface area contributed by atoms with Crippen LogP contribution in [0.25, 0.3) is 0 Å². The first-order valence-corrected chi connectivity index (χ1v) is 10.1. The number of piperidine rings is 1. The van der Waals surface area contributed by atoms with Crippen LogP contribution >= 0.6 is 0 Å². The number of carbonyl (C=O) groups excluding carboxylic acids is 2. The van der Waals surface area contributed by atoms with Gasteiger partial charge in [0, 0.05) is 51.7 Å². The molecule has 28 heavy (non-hydrogen) atoms. The highest BCUT2D eigenvalue weighted by atomic mass is 16.5. The standard InChI is InChI=1S/C20H29N5O3/c1-23-14-20(4-5-20)11-16(18(26)22-28)17(23)19(27)25-9-7-24(8-10-25)13-15-3-2-6-21-12-15/h2-3,6,12,16-17,28H,4-5,7-11,13-14H2,1H3,(H,22,26)/t16-,17-/m0/s1. The summed E-state index contributed by atoms with van der Waals surface area (Å²) >= 11 is 0. The highest BCUT2D eigenvalue weighted by Crippen LogP contribution is 2.54. The van der Waals surface area contributed by atoms with Gasteiger partial charge in [0.2, 0.25) is 11.8 Å². The van der Waals surface area contributed by atoms with E-state index >= 15 is 0 Å². The summed E-state index contributed by atoms with van der Waals surface area (Å²) in [6.07, 6.45) is 6.52. The molecule has 3 fully saturated rings. The summed E-state index contributed by atoms with van der Waals surface area (Å²) in [5, 5.41) is 9.19. The van der Waals surface area contributed by atoms with E-state index in [9.17, 15) is 14.8 Å². The lowest BCUT2D eigenvalue weighted by Crippen LogP contribution is -2.61. The molecule has 0 bridgehead atoms. The monoisotopic (exact) mass is 387 g/mol. The summed E-state index contributed by atoms with van der Waals surface area (Å²) < 4.78 is 0. The van der Waals surface area contributed by atoms with Gasteiger partial charge in [-0.15, -0.1) is 0 Å². The minimum absolute atomic E-state index is 0.00706. The van der Waals surface area contributed by atoms with Crippen molar-refractivity contribution < 1.29 is 14.8 Å². The van der Waals surface area contributed by atoms with Crippen molar-refractivity contribution in [3.05, 3.63) is 30.1 Å². The zero-order valence-corrected chi connectivity index (χ0v) is 16.4. The predicted octanol–water partition coefficient (Wildman–Crippen LogP) is 0.332. The maximum Gasteiger partial charge on any atom is 0.248 e. The third kappa shape index (κ3) is 3.90. The number of pyridine rings is 1. The highest BCUT2D eigenvalue weighted by molar-refractivity contribution is 5.90. The highest BCUT2D eigenvalue weighted by Gasteiger charge is 2.55. The second-order valence-corrected chi connectivity index (χ2v) is 8.61. The number of nitrogens with one attached hydrogen (secondary N) is 1. The first kappa shape index (κ1) is 19.3. The van der Waals surface area contributed by atoms with Gasteiger partial charge < -0.3 is 4.90 Å². The molecule has 1 aliphatic carbocycles. The molecular weight excluding hydrogens is 358 g/mol. The van der Waals surface area contributed by atoms with Crippen molar-refractivity contribution in [1.29, 1.82) is 0 Å². The van der Waals surface area contributed by atoms with Crippen molar-refractivity contribution in [2.75, 3.05) is 39.8 Å². The summed E-state index contributed by atoms with van der Waals surface area (Å²) in [4.78, 5) is 36.0. The van der Waals surface area contributed by atoms with Gasteiger partial charge in [-0.1, -0.05) is 6.07 Å². The first-order chi connectivity index (χ1) is 13.5. The Kier molecular flexibility index (Phi) is 5.35. The van der Waals surface area contributed by atoms with Crippen LogP contribution in [0.3, 0.4) is 0 Å². The van der Waals surface area contributed by atoms with Crippen molar-refractivity contribution in [1.82, 2.24) is 25.2 Å². The number of likely N-dealkylation sites (N-methyl/N-ethyl adjacent to an activating group) is 1. The van der Waals surface area contributed by atoms with Gasteiger partial charge in [0.1, 0.15) is 6.04 Å². The van der Waals surface area contributed by atoms with Gasteiger partial charge in [-0.3, -0.25) is 29.6 Å². The van der Waals surface area contributed by atoms with E-state index in [1.807, 2.05) is 29.1 Å². The van der Waals surface area contributed by atoms with Crippen LogP contribution in [0.15, 0.2) is 24.5 Å². The zero-order valence-electron chi connectivity index (χ0n) is 16.4. The van der Waals surface area contributed by atoms with Crippen molar-refractivity contribution in [3.63, 3.8) is 0 Å². The van der Waals surface area contributed by atoms with E-state index in [4.69, 9.17) is 0 Å². The molecule has 2 atom stereocenters. The molecule has 8 nitrogen and oxygen atoms in total. The van der Waals surface area contributed by atoms with E-state index < -0.39 is 17.9 Å². The van der Waals surface area contributed by atoms with Gasteiger partial charge in [-0.05, 0) is 43.4 Å². The molecule has 1 aromatic rings. The van der Waals surface area contributed by atoms with Crippen LogP contribution in [0.2, 0.25) is 0 Å². The third-order valence-corrected chi connectivity index (χ3v) is 6.56. The number of aromatic nitrogens is 1. The molecule has 0 unspecified atom stereocenters. The summed E-state index contributed by atoms with van der Waals surface area (Å²) in [6, 6.07) is 3.50. The molecule has 3 aliphatic rings. The van der Waals surface area contributed by atoms with Crippen LogP contribution in [-0.2, 0) is 16.1 Å². The molecular formula is C20H29N5O3. The van der Waals surface area contributed by atoms with Crippen LogP contribution in [0, 0.1) is 11.3 Å². The van der Waals surface area contributed by atoms with E-state index in [2.05, 4.69) is 16.0 Å². The first-order valence-electron chi connectivity index (χ1n) is 10.1. The van der Waals surface area contributed by atoms with Crippen LogP contribution in [-0.4, -0.2) is 82.5 Å². The Bertz CT molecular complexity index is 716. The maximum atomic E-state index is 13.3. The predicted molar refractivity (Wildman–Crippen MR) is 102 cm³/mol. The average Bonchev–Trinajstić information content (AvgIpc) is 3.46. The Morgan fingerprint density at radius 1 is 1.29 bits per heavy atom. The number of hydrogen-bond donors (Lipinski definition) is 2. The number of rotatable bonds is 4. The Hall–Kier alpha value is -2.03. The number of carbonyl (C=O) groups is 2. The molecule has 0 aromatic carbocycles. The Morgan fingerprint density at radius 3 is 2.64 bits per heavy atom. The smallest absolute Gasteiger partial charge is 0.248 e. The van der Waals surface area contributed by atoms with Gasteiger partial charge in [0.25, 0.3) is 0 Å². The lowest BCUT2D eigenvalue weighted by molar-refractivity contribution is -0.151. The van der Waals surface area contributed by atoms with Crippen LogP contribution in [0.4, 0.5) is 0 Å². The summed E-state index contributed by atoms with van der Waals surface area (Å²) in [5.41, 5.74) is 3.12. The molecule has 1 spiro atoms. The molecule has 1 aromatic heterocycles.